The fourth-order valence-corrected chi connectivity index (χ4v) is 3.12. The van der Waals surface area contributed by atoms with Gasteiger partial charge in [0.2, 0.25) is 0 Å². The van der Waals surface area contributed by atoms with Crippen LogP contribution in [0.15, 0.2) is 65.8 Å². The first-order chi connectivity index (χ1) is 10.3. The molecule has 3 N–H and O–H groups in total. The molecule has 21 heavy (non-hydrogen) atoms. The van der Waals surface area contributed by atoms with E-state index in [0.29, 0.717) is 5.92 Å². The van der Waals surface area contributed by atoms with Crippen molar-refractivity contribution in [1.82, 2.24) is 5.32 Å². The minimum Gasteiger partial charge on any atom is -0.323 e. The van der Waals surface area contributed by atoms with Gasteiger partial charge < -0.3 is 11.2 Å². The fraction of sp³-hybridized carbons (Fsp3) is 0.278. The molecule has 3 unspecified atom stereocenters. The van der Waals surface area contributed by atoms with Crippen molar-refractivity contribution in [3.63, 3.8) is 0 Å². The van der Waals surface area contributed by atoms with Gasteiger partial charge >= 0.3 is 0 Å². The summed E-state index contributed by atoms with van der Waals surface area (Å²) in [5.74, 6) is 5.94. The maximum atomic E-state index is 5.63. The Labute approximate surface area is 125 Å². The summed E-state index contributed by atoms with van der Waals surface area (Å²) in [5.41, 5.74) is 3.65. The van der Waals surface area contributed by atoms with E-state index in [1.165, 1.54) is 11.1 Å². The molecule has 1 aliphatic rings. The molecular formula is C18H21N3. The highest BCUT2D eigenvalue weighted by atomic mass is 15.1. The average molecular weight is 279 g/mol. The number of hydrogen-bond donors (Lipinski definition) is 2. The second-order valence-corrected chi connectivity index (χ2v) is 5.63. The molecule has 1 heterocycles. The Bertz CT molecular complexity index is 607. The zero-order chi connectivity index (χ0) is 14.7. The van der Waals surface area contributed by atoms with Gasteiger partial charge in [-0.2, -0.15) is 5.10 Å². The highest BCUT2D eigenvalue weighted by Gasteiger charge is 2.33. The lowest BCUT2D eigenvalue weighted by molar-refractivity contribution is 0.364. The van der Waals surface area contributed by atoms with Gasteiger partial charge in [0.1, 0.15) is 0 Å². The summed E-state index contributed by atoms with van der Waals surface area (Å²) < 4.78 is 0. The van der Waals surface area contributed by atoms with Crippen LogP contribution in [-0.2, 0) is 0 Å². The van der Waals surface area contributed by atoms with Crippen LogP contribution in [0.25, 0.3) is 0 Å². The molecule has 3 nitrogen and oxygen atoms in total. The Kier molecular flexibility index (Phi) is 4.02. The highest BCUT2D eigenvalue weighted by Crippen LogP contribution is 2.34. The molecule has 1 aliphatic heterocycles. The molecule has 0 aromatic heterocycles. The van der Waals surface area contributed by atoms with Crippen molar-refractivity contribution >= 4 is 5.71 Å². The normalized spacial score (nSPS) is 27.7. The molecule has 3 rings (SSSR count). The predicted molar refractivity (Wildman–Crippen MR) is 86.9 cm³/mol. The molecule has 0 bridgehead atoms. The van der Waals surface area contributed by atoms with Gasteiger partial charge in [0.25, 0.3) is 0 Å². The van der Waals surface area contributed by atoms with Crippen LogP contribution in [0.1, 0.15) is 36.6 Å². The average Bonchev–Trinajstić information content (AvgIpc) is 2.56. The van der Waals surface area contributed by atoms with Crippen molar-refractivity contribution in [2.24, 2.45) is 16.9 Å². The number of benzene rings is 2. The van der Waals surface area contributed by atoms with Gasteiger partial charge in [-0.25, -0.2) is 0 Å². The van der Waals surface area contributed by atoms with Gasteiger partial charge in [-0.15, -0.1) is 0 Å². The van der Waals surface area contributed by atoms with E-state index in [0.717, 1.165) is 12.1 Å². The first kappa shape index (κ1) is 13.8. The Balaban J connectivity index is 1.93. The first-order valence-corrected chi connectivity index (χ1v) is 7.42. The number of hydrazone groups is 1. The summed E-state index contributed by atoms with van der Waals surface area (Å²) in [4.78, 5) is 0. The van der Waals surface area contributed by atoms with Crippen molar-refractivity contribution in [3.8, 4) is 0 Å². The zero-order valence-corrected chi connectivity index (χ0v) is 12.2. The first-order valence-electron chi connectivity index (χ1n) is 7.42. The molecule has 2 aromatic carbocycles. The minimum atomic E-state index is 0.243. The van der Waals surface area contributed by atoms with Crippen LogP contribution in [0.2, 0.25) is 0 Å². The lowest BCUT2D eigenvalue weighted by atomic mass is 9.81. The zero-order valence-electron chi connectivity index (χ0n) is 12.2. The van der Waals surface area contributed by atoms with Gasteiger partial charge in [-0.05, 0) is 11.1 Å². The second kappa shape index (κ2) is 6.10. The van der Waals surface area contributed by atoms with Gasteiger partial charge in [0.05, 0.1) is 0 Å². The van der Waals surface area contributed by atoms with E-state index in [1.54, 1.807) is 0 Å². The molecule has 3 heteroatoms. The summed E-state index contributed by atoms with van der Waals surface area (Å²) in [5, 5.41) is 7.82. The summed E-state index contributed by atoms with van der Waals surface area (Å²) in [6.07, 6.45) is 0.866. The summed E-state index contributed by atoms with van der Waals surface area (Å²) in [7, 11) is 0. The Morgan fingerprint density at radius 2 is 1.52 bits per heavy atom. The van der Waals surface area contributed by atoms with E-state index < -0.39 is 0 Å². The monoisotopic (exact) mass is 279 g/mol. The number of hydrogen-bond acceptors (Lipinski definition) is 3. The van der Waals surface area contributed by atoms with Crippen LogP contribution in [0, 0.1) is 5.92 Å². The molecule has 1 saturated heterocycles. The molecule has 2 aromatic rings. The standard InChI is InChI=1S/C18H21N3/c1-13-16(21-19)12-17(14-8-4-2-5-9-14)20-18(13)15-10-6-3-7-11-15/h2-11,13,17-18,20H,12,19H2,1H3/b21-16+. The van der Waals surface area contributed by atoms with Crippen LogP contribution in [0.4, 0.5) is 0 Å². The predicted octanol–water partition coefficient (Wildman–Crippen LogP) is 3.41. The quantitative estimate of drug-likeness (QED) is 0.654. The van der Waals surface area contributed by atoms with Crippen molar-refractivity contribution in [2.75, 3.05) is 0 Å². The molecular weight excluding hydrogens is 258 g/mol. The molecule has 0 radical (unpaired) electrons. The number of nitrogens with two attached hydrogens (primary N) is 1. The maximum Gasteiger partial charge on any atom is 0.0441 e. The topological polar surface area (TPSA) is 50.4 Å². The lowest BCUT2D eigenvalue weighted by Crippen LogP contribution is -2.41. The summed E-state index contributed by atoms with van der Waals surface area (Å²) in [6, 6.07) is 21.5. The van der Waals surface area contributed by atoms with Gasteiger partial charge in [0.15, 0.2) is 0 Å². The van der Waals surface area contributed by atoms with E-state index in [1.807, 2.05) is 12.1 Å². The second-order valence-electron chi connectivity index (χ2n) is 5.63. The van der Waals surface area contributed by atoms with E-state index in [2.05, 4.69) is 65.9 Å². The SMILES string of the molecule is CC1/C(=N/N)CC(c2ccccc2)NC1c1ccccc1. The number of nitrogens with one attached hydrogen (secondary N) is 1. The van der Waals surface area contributed by atoms with E-state index in [-0.39, 0.29) is 12.1 Å². The highest BCUT2D eigenvalue weighted by molar-refractivity contribution is 5.88. The molecule has 0 aliphatic carbocycles. The number of piperidine rings is 1. The van der Waals surface area contributed by atoms with Crippen molar-refractivity contribution in [1.29, 1.82) is 0 Å². The third kappa shape index (κ3) is 2.83. The van der Waals surface area contributed by atoms with Crippen molar-refractivity contribution in [2.45, 2.75) is 25.4 Å². The largest absolute Gasteiger partial charge is 0.323 e. The summed E-state index contributed by atoms with van der Waals surface area (Å²) in [6.45, 7) is 2.19. The molecule has 0 spiro atoms. The molecule has 1 fully saturated rings. The van der Waals surface area contributed by atoms with Gasteiger partial charge in [-0.1, -0.05) is 67.6 Å². The Hall–Kier alpha value is -2.13. The summed E-state index contributed by atoms with van der Waals surface area (Å²) >= 11 is 0. The Morgan fingerprint density at radius 3 is 2.10 bits per heavy atom. The molecule has 0 amide bonds. The van der Waals surface area contributed by atoms with Crippen LogP contribution in [0.3, 0.4) is 0 Å². The van der Waals surface area contributed by atoms with E-state index in [4.69, 9.17) is 5.84 Å². The van der Waals surface area contributed by atoms with Gasteiger partial charge in [-0.3, -0.25) is 0 Å². The third-order valence-electron chi connectivity index (χ3n) is 4.35. The molecule has 3 atom stereocenters. The van der Waals surface area contributed by atoms with Crippen LogP contribution in [0.5, 0.6) is 0 Å². The lowest BCUT2D eigenvalue weighted by Gasteiger charge is -2.37. The van der Waals surface area contributed by atoms with E-state index >= 15 is 0 Å². The third-order valence-corrected chi connectivity index (χ3v) is 4.35. The number of rotatable bonds is 2. The van der Waals surface area contributed by atoms with E-state index in [9.17, 15) is 0 Å². The van der Waals surface area contributed by atoms with Crippen molar-refractivity contribution in [3.05, 3.63) is 71.8 Å². The minimum absolute atomic E-state index is 0.243. The Morgan fingerprint density at radius 1 is 0.952 bits per heavy atom. The maximum absolute atomic E-state index is 5.63. The van der Waals surface area contributed by atoms with Crippen LogP contribution < -0.4 is 11.2 Å². The van der Waals surface area contributed by atoms with Crippen LogP contribution in [-0.4, -0.2) is 5.71 Å². The van der Waals surface area contributed by atoms with Crippen LogP contribution >= 0.6 is 0 Å². The molecule has 0 saturated carbocycles. The fourth-order valence-electron chi connectivity index (χ4n) is 3.12. The van der Waals surface area contributed by atoms with Crippen molar-refractivity contribution < 1.29 is 0 Å². The number of nitrogens with zero attached hydrogens (tertiary/aromatic N) is 1. The molecule has 108 valence electrons. The van der Waals surface area contributed by atoms with Gasteiger partial charge in [0, 0.05) is 30.1 Å². The smallest absolute Gasteiger partial charge is 0.0441 e.